The zero-order valence-corrected chi connectivity index (χ0v) is 52.3. The minimum Gasteiger partial charge on any atom is -0.311 e. The molecule has 1 saturated carbocycles. The SMILES string of the molecule is Cc1cc2c3c(c1)N(c1ccc(C(C)(C)C)cc1-c1ccccc1)c1cc(CC4c5ccc(C(C)(C)C)cc5C5(C)CCCCC45C)ccc1B3c1cc3c(cc1N2c1cc2c(cc1C)C(C)(C)CCC2(C)C)C(C)(C)CC3(C)C. The van der Waals surface area contributed by atoms with Gasteiger partial charge in [-0.05, 0) is 227 Å². The van der Waals surface area contributed by atoms with Crippen LogP contribution in [0.25, 0.3) is 11.1 Å². The Hall–Kier alpha value is -5.80. The maximum Gasteiger partial charge on any atom is 0.252 e. The number of nitrogens with zero attached hydrogens (tertiary/aromatic N) is 2. The van der Waals surface area contributed by atoms with Crippen molar-refractivity contribution in [2.24, 2.45) is 5.41 Å². The molecule has 7 aromatic rings. The smallest absolute Gasteiger partial charge is 0.252 e. The Labute approximate surface area is 483 Å². The summed E-state index contributed by atoms with van der Waals surface area (Å²) in [5.74, 6) is 0.423. The molecule has 412 valence electrons. The fourth-order valence-electron chi connectivity index (χ4n) is 17.5. The summed E-state index contributed by atoms with van der Waals surface area (Å²) in [7, 11) is 0. The molecule has 7 aromatic carbocycles. The summed E-state index contributed by atoms with van der Waals surface area (Å²) in [5, 5.41) is 0. The molecular formula is C77H91BN2. The number of anilines is 6. The predicted molar refractivity (Wildman–Crippen MR) is 346 cm³/mol. The lowest BCUT2D eigenvalue weighted by Crippen LogP contribution is -2.61. The molecule has 3 unspecified atom stereocenters. The maximum atomic E-state index is 2.76. The molecule has 0 spiro atoms. The van der Waals surface area contributed by atoms with Gasteiger partial charge in [0.05, 0.1) is 5.69 Å². The molecule has 3 atom stereocenters. The number of fused-ring (bicyclic) bond motifs is 9. The highest BCUT2D eigenvalue weighted by atomic mass is 15.2. The van der Waals surface area contributed by atoms with Crippen molar-refractivity contribution in [2.75, 3.05) is 9.80 Å². The van der Waals surface area contributed by atoms with Crippen LogP contribution >= 0.6 is 0 Å². The molecule has 3 heteroatoms. The third-order valence-corrected chi connectivity index (χ3v) is 22.3. The number of rotatable bonds is 5. The van der Waals surface area contributed by atoms with E-state index in [1.165, 1.54) is 150 Å². The molecule has 2 aliphatic heterocycles. The van der Waals surface area contributed by atoms with Crippen molar-refractivity contribution in [1.82, 2.24) is 0 Å². The summed E-state index contributed by atoms with van der Waals surface area (Å²) in [6, 6.07) is 50.0. The average molecular weight is 1060 g/mol. The van der Waals surface area contributed by atoms with Crippen molar-refractivity contribution in [2.45, 2.75) is 220 Å². The fraction of sp³-hybridized carbons (Fsp3) is 0.455. The minimum absolute atomic E-state index is 0.0269. The number of hydrogen-bond acceptors (Lipinski definition) is 2. The molecule has 0 N–H and O–H groups in total. The van der Waals surface area contributed by atoms with Gasteiger partial charge in [-0.2, -0.15) is 0 Å². The van der Waals surface area contributed by atoms with Crippen molar-refractivity contribution < 1.29 is 0 Å². The van der Waals surface area contributed by atoms with Crippen LogP contribution in [0.15, 0.2) is 121 Å². The molecule has 1 fully saturated rings. The van der Waals surface area contributed by atoms with Gasteiger partial charge in [-0.25, -0.2) is 0 Å². The first-order chi connectivity index (χ1) is 37.4. The Morgan fingerprint density at radius 1 is 0.475 bits per heavy atom. The predicted octanol–water partition coefficient (Wildman–Crippen LogP) is 19.1. The normalized spacial score (nSPS) is 23.4. The summed E-state index contributed by atoms with van der Waals surface area (Å²) >= 11 is 0. The second-order valence-corrected chi connectivity index (χ2v) is 31.7. The molecule has 0 saturated heterocycles. The van der Waals surface area contributed by atoms with Crippen LogP contribution in [0.4, 0.5) is 34.1 Å². The van der Waals surface area contributed by atoms with E-state index in [1.54, 1.807) is 11.1 Å². The van der Waals surface area contributed by atoms with Crippen LogP contribution in [0.1, 0.15) is 223 Å². The van der Waals surface area contributed by atoms with E-state index in [2.05, 4.69) is 256 Å². The first-order valence-corrected chi connectivity index (χ1v) is 31.0. The lowest BCUT2D eigenvalue weighted by molar-refractivity contribution is 0.0794. The van der Waals surface area contributed by atoms with Gasteiger partial charge in [-0.15, -0.1) is 0 Å². The quantitative estimate of drug-likeness (QED) is 0.159. The van der Waals surface area contributed by atoms with Gasteiger partial charge in [-0.3, -0.25) is 0 Å². The van der Waals surface area contributed by atoms with E-state index in [0.29, 0.717) is 5.92 Å². The van der Waals surface area contributed by atoms with Crippen molar-refractivity contribution in [1.29, 1.82) is 0 Å². The first-order valence-electron chi connectivity index (χ1n) is 31.0. The molecule has 0 bridgehead atoms. The lowest BCUT2D eigenvalue weighted by Gasteiger charge is -2.49. The highest BCUT2D eigenvalue weighted by Gasteiger charge is 2.58. The van der Waals surface area contributed by atoms with E-state index in [1.807, 2.05) is 0 Å². The summed E-state index contributed by atoms with van der Waals surface area (Å²) in [6.07, 6.45) is 9.68. The van der Waals surface area contributed by atoms with Gasteiger partial charge in [0.15, 0.2) is 0 Å². The highest BCUT2D eigenvalue weighted by molar-refractivity contribution is 7.00. The highest BCUT2D eigenvalue weighted by Crippen LogP contribution is 2.66. The molecule has 2 nitrogen and oxygen atoms in total. The Bertz CT molecular complexity index is 3720. The summed E-state index contributed by atoms with van der Waals surface area (Å²) in [6.45, 7) is 44.3. The molecule has 13 rings (SSSR count). The largest absolute Gasteiger partial charge is 0.311 e. The van der Waals surface area contributed by atoms with Gasteiger partial charge < -0.3 is 9.80 Å². The average Bonchev–Trinajstić information content (AvgIpc) is 3.84. The zero-order chi connectivity index (χ0) is 56.8. The van der Waals surface area contributed by atoms with Crippen LogP contribution < -0.4 is 26.2 Å². The van der Waals surface area contributed by atoms with E-state index in [0.717, 1.165) is 12.8 Å². The van der Waals surface area contributed by atoms with E-state index in [4.69, 9.17) is 0 Å². The van der Waals surface area contributed by atoms with Crippen LogP contribution in [0.5, 0.6) is 0 Å². The molecule has 4 aliphatic carbocycles. The molecule has 0 radical (unpaired) electrons. The molecular weight excluding hydrogens is 964 g/mol. The molecule has 80 heavy (non-hydrogen) atoms. The molecule has 6 aliphatic rings. The number of hydrogen-bond donors (Lipinski definition) is 0. The second-order valence-electron chi connectivity index (χ2n) is 31.7. The van der Waals surface area contributed by atoms with Gasteiger partial charge >= 0.3 is 0 Å². The van der Waals surface area contributed by atoms with Crippen LogP contribution in [0.3, 0.4) is 0 Å². The first kappa shape index (κ1) is 53.5. The molecule has 2 heterocycles. The van der Waals surface area contributed by atoms with Gasteiger partial charge in [0, 0.05) is 34.0 Å². The Morgan fingerprint density at radius 2 is 1.04 bits per heavy atom. The third kappa shape index (κ3) is 7.83. The van der Waals surface area contributed by atoms with Crippen LogP contribution in [-0.2, 0) is 44.3 Å². The monoisotopic (exact) mass is 1050 g/mol. The zero-order valence-electron chi connectivity index (χ0n) is 52.3. The van der Waals surface area contributed by atoms with E-state index < -0.39 is 0 Å². The van der Waals surface area contributed by atoms with Crippen LogP contribution in [-0.4, -0.2) is 6.71 Å². The third-order valence-electron chi connectivity index (χ3n) is 22.3. The number of aryl methyl sites for hydroxylation is 2. The van der Waals surface area contributed by atoms with Gasteiger partial charge in [0.1, 0.15) is 0 Å². The van der Waals surface area contributed by atoms with Crippen molar-refractivity contribution in [3.05, 3.63) is 183 Å². The van der Waals surface area contributed by atoms with Gasteiger partial charge in [0.2, 0.25) is 0 Å². The topological polar surface area (TPSA) is 6.48 Å². The Balaban J connectivity index is 1.10. The lowest BCUT2D eigenvalue weighted by atomic mass is 9.33. The fourth-order valence-corrected chi connectivity index (χ4v) is 17.5. The standard InChI is InChI=1S/C77H91BN2/c1-47-36-67-69-68(37-47)80(64-44-59-57(38-48(64)2)72(9,10)34-35-73(59,11)12)66-45-60-58(74(13,14)46-75(60,15)16)43-62(66)78(69)61-30-26-49(39-55-53-29-27-52(71(6,7)8)42-56(53)77(18)33-23-22-32-76(55,77)17)40-65(61)79(67)63-31-28-51(70(3,4)5)41-54(63)50-24-20-19-21-25-50/h19-21,24-31,36-38,40-45,55H,22-23,32-35,39,46H2,1-18H3. The minimum atomic E-state index is -0.0269. The van der Waals surface area contributed by atoms with Crippen molar-refractivity contribution in [3.8, 4) is 11.1 Å². The Morgan fingerprint density at radius 3 is 1.70 bits per heavy atom. The molecule has 0 amide bonds. The summed E-state index contributed by atoms with van der Waals surface area (Å²) < 4.78 is 0. The maximum absolute atomic E-state index is 2.76. The van der Waals surface area contributed by atoms with Crippen molar-refractivity contribution >= 4 is 57.2 Å². The van der Waals surface area contributed by atoms with E-state index >= 15 is 0 Å². The van der Waals surface area contributed by atoms with Crippen LogP contribution in [0, 0.1) is 19.3 Å². The van der Waals surface area contributed by atoms with Gasteiger partial charge in [-0.1, -0.05) is 202 Å². The van der Waals surface area contributed by atoms with E-state index in [9.17, 15) is 0 Å². The van der Waals surface area contributed by atoms with Crippen molar-refractivity contribution in [3.63, 3.8) is 0 Å². The Kier molecular flexibility index (Phi) is 11.6. The summed E-state index contributed by atoms with van der Waals surface area (Å²) in [4.78, 5) is 5.50. The van der Waals surface area contributed by atoms with Gasteiger partial charge in [0.25, 0.3) is 6.71 Å². The summed E-state index contributed by atoms with van der Waals surface area (Å²) in [5.41, 5.74) is 31.4. The second kappa shape index (κ2) is 17.4. The van der Waals surface area contributed by atoms with Crippen LogP contribution in [0.2, 0.25) is 0 Å². The van der Waals surface area contributed by atoms with E-state index in [-0.39, 0.29) is 50.0 Å². The number of benzene rings is 7. The molecule has 0 aromatic heterocycles.